The number of ether oxygens (including phenoxy) is 2. The van der Waals surface area contributed by atoms with E-state index in [4.69, 9.17) is 14.3 Å². The van der Waals surface area contributed by atoms with E-state index in [0.29, 0.717) is 18.4 Å². The zero-order valence-corrected chi connectivity index (χ0v) is 13.0. The Morgan fingerprint density at radius 1 is 1.18 bits per heavy atom. The average Bonchev–Trinajstić information content (AvgIpc) is 2.58. The zero-order chi connectivity index (χ0) is 15.9. The summed E-state index contributed by atoms with van der Waals surface area (Å²) in [7, 11) is 4.57. The van der Waals surface area contributed by atoms with Crippen molar-refractivity contribution in [3.8, 4) is 0 Å². The standard InChI is InChI=1S/C16H21NO5/c1-20-16(21-2)13-8-10(18)9-14(16)17(22-3)15(19)12-7-5-4-6-11(12)13/h4-7,10,13-14,18H,8-9H2,1-3H3/t10-,13-,14-/m0/s1. The zero-order valence-electron chi connectivity index (χ0n) is 13.0. The Labute approximate surface area is 129 Å². The Hall–Kier alpha value is -1.47. The minimum absolute atomic E-state index is 0.238. The first-order valence-electron chi connectivity index (χ1n) is 7.34. The third kappa shape index (κ3) is 1.99. The molecule has 0 unspecified atom stereocenters. The van der Waals surface area contributed by atoms with Crippen LogP contribution >= 0.6 is 0 Å². The van der Waals surface area contributed by atoms with Gasteiger partial charge in [-0.2, -0.15) is 0 Å². The molecule has 1 aliphatic carbocycles. The van der Waals surface area contributed by atoms with Crippen LogP contribution in [0, 0.1) is 0 Å². The summed E-state index contributed by atoms with van der Waals surface area (Å²) in [6.45, 7) is 0. The molecule has 2 bridgehead atoms. The Morgan fingerprint density at radius 2 is 1.86 bits per heavy atom. The molecule has 1 aliphatic heterocycles. The number of benzene rings is 1. The first kappa shape index (κ1) is 15.4. The molecule has 1 aromatic rings. The quantitative estimate of drug-likeness (QED) is 0.853. The van der Waals surface area contributed by atoms with E-state index in [1.807, 2.05) is 18.2 Å². The molecule has 0 spiro atoms. The number of fused-ring (bicyclic) bond motifs is 4. The van der Waals surface area contributed by atoms with Gasteiger partial charge in [0.15, 0.2) is 5.79 Å². The first-order chi connectivity index (χ1) is 10.6. The summed E-state index contributed by atoms with van der Waals surface area (Å²) in [4.78, 5) is 18.2. The molecule has 3 atom stereocenters. The van der Waals surface area contributed by atoms with Gasteiger partial charge in [-0.15, -0.1) is 0 Å². The Morgan fingerprint density at radius 3 is 2.50 bits per heavy atom. The highest BCUT2D eigenvalue weighted by atomic mass is 16.7. The summed E-state index contributed by atoms with van der Waals surface area (Å²) in [5.41, 5.74) is 1.38. The van der Waals surface area contributed by atoms with Crippen molar-refractivity contribution in [1.82, 2.24) is 5.06 Å². The van der Waals surface area contributed by atoms with Crippen LogP contribution in [0.15, 0.2) is 24.3 Å². The molecule has 120 valence electrons. The molecule has 0 radical (unpaired) electrons. The van der Waals surface area contributed by atoms with Gasteiger partial charge in [-0.25, -0.2) is 5.06 Å². The number of hydrogen-bond donors (Lipinski definition) is 1. The molecule has 0 aromatic heterocycles. The minimum Gasteiger partial charge on any atom is -0.393 e. The van der Waals surface area contributed by atoms with Crippen molar-refractivity contribution in [2.24, 2.45) is 0 Å². The van der Waals surface area contributed by atoms with Crippen LogP contribution in [0.5, 0.6) is 0 Å². The van der Waals surface area contributed by atoms with Gasteiger partial charge in [0.1, 0.15) is 6.04 Å². The molecule has 0 saturated heterocycles. The average molecular weight is 307 g/mol. The fourth-order valence-electron chi connectivity index (χ4n) is 3.90. The Bertz CT molecular complexity index is 571. The van der Waals surface area contributed by atoms with Crippen LogP contribution in [0.1, 0.15) is 34.7 Å². The van der Waals surface area contributed by atoms with Crippen molar-refractivity contribution in [2.75, 3.05) is 21.3 Å². The van der Waals surface area contributed by atoms with E-state index in [9.17, 15) is 9.90 Å². The van der Waals surface area contributed by atoms with Gasteiger partial charge in [-0.1, -0.05) is 18.2 Å². The molecular weight excluding hydrogens is 286 g/mol. The van der Waals surface area contributed by atoms with Crippen LogP contribution < -0.4 is 0 Å². The predicted molar refractivity (Wildman–Crippen MR) is 78.1 cm³/mol. The molecule has 6 heteroatoms. The molecule has 6 nitrogen and oxygen atoms in total. The Balaban J connectivity index is 2.26. The second-order valence-electron chi connectivity index (χ2n) is 5.72. The lowest BCUT2D eigenvalue weighted by molar-refractivity contribution is -0.304. The summed E-state index contributed by atoms with van der Waals surface area (Å²) >= 11 is 0. The van der Waals surface area contributed by atoms with Crippen molar-refractivity contribution < 1.29 is 24.2 Å². The van der Waals surface area contributed by atoms with E-state index in [-0.39, 0.29) is 11.8 Å². The predicted octanol–water partition coefficient (Wildman–Crippen LogP) is 1.30. The summed E-state index contributed by atoms with van der Waals surface area (Å²) in [6, 6.07) is 6.82. The number of methoxy groups -OCH3 is 2. The van der Waals surface area contributed by atoms with E-state index < -0.39 is 17.9 Å². The fraction of sp³-hybridized carbons (Fsp3) is 0.562. The summed E-state index contributed by atoms with van der Waals surface area (Å²) in [5, 5.41) is 11.6. The number of nitrogens with zero attached hydrogens (tertiary/aromatic N) is 1. The van der Waals surface area contributed by atoms with Gasteiger partial charge in [0.25, 0.3) is 5.91 Å². The van der Waals surface area contributed by atoms with E-state index in [2.05, 4.69) is 0 Å². The van der Waals surface area contributed by atoms with Crippen molar-refractivity contribution >= 4 is 5.91 Å². The van der Waals surface area contributed by atoms with Gasteiger partial charge in [0.2, 0.25) is 0 Å². The third-order valence-electron chi connectivity index (χ3n) is 4.84. The van der Waals surface area contributed by atoms with Gasteiger partial charge in [0.05, 0.1) is 13.2 Å². The number of carbonyl (C=O) groups is 1. The summed E-state index contributed by atoms with van der Waals surface area (Å²) in [6.07, 6.45) is 0.260. The smallest absolute Gasteiger partial charge is 0.278 e. The third-order valence-corrected chi connectivity index (χ3v) is 4.84. The monoisotopic (exact) mass is 307 g/mol. The topological polar surface area (TPSA) is 68.2 Å². The lowest BCUT2D eigenvalue weighted by Crippen LogP contribution is -2.61. The maximum absolute atomic E-state index is 12.8. The molecule has 1 aromatic carbocycles. The van der Waals surface area contributed by atoms with E-state index in [1.165, 1.54) is 12.2 Å². The molecular formula is C16H21NO5. The van der Waals surface area contributed by atoms with Crippen molar-refractivity contribution in [3.05, 3.63) is 35.4 Å². The Kier molecular flexibility index (Phi) is 3.94. The lowest BCUT2D eigenvalue weighted by Gasteiger charge is -2.49. The number of carbonyl (C=O) groups excluding carboxylic acids is 1. The van der Waals surface area contributed by atoms with Crippen LogP contribution in [0.25, 0.3) is 0 Å². The maximum atomic E-state index is 12.8. The SMILES string of the molecule is CON1C(=O)c2ccccc2[C@@H]2C[C@H](O)C[C@H]1C2(OC)OC. The second-order valence-corrected chi connectivity index (χ2v) is 5.72. The molecule has 3 rings (SSSR count). The highest BCUT2D eigenvalue weighted by molar-refractivity contribution is 5.96. The summed E-state index contributed by atoms with van der Waals surface area (Å²) in [5.74, 6) is -1.54. The van der Waals surface area contributed by atoms with Crippen molar-refractivity contribution in [3.63, 3.8) is 0 Å². The number of aliphatic hydroxyl groups is 1. The van der Waals surface area contributed by atoms with E-state index in [1.54, 1.807) is 20.3 Å². The van der Waals surface area contributed by atoms with Gasteiger partial charge in [0, 0.05) is 32.1 Å². The van der Waals surface area contributed by atoms with Gasteiger partial charge in [-0.3, -0.25) is 9.63 Å². The van der Waals surface area contributed by atoms with Crippen molar-refractivity contribution in [2.45, 2.75) is 36.7 Å². The van der Waals surface area contributed by atoms with Crippen LogP contribution in [0.4, 0.5) is 0 Å². The fourth-order valence-corrected chi connectivity index (χ4v) is 3.90. The van der Waals surface area contributed by atoms with Crippen LogP contribution in [-0.2, 0) is 14.3 Å². The first-order valence-corrected chi connectivity index (χ1v) is 7.34. The van der Waals surface area contributed by atoms with Gasteiger partial charge in [-0.05, 0) is 18.1 Å². The minimum atomic E-state index is -1.04. The molecule has 1 saturated carbocycles. The second kappa shape index (κ2) is 5.62. The molecule has 1 N–H and O–H groups in total. The largest absolute Gasteiger partial charge is 0.393 e. The molecule has 22 heavy (non-hydrogen) atoms. The number of rotatable bonds is 3. The number of amides is 1. The highest BCUT2D eigenvalue weighted by Gasteiger charge is 2.58. The molecule has 1 fully saturated rings. The van der Waals surface area contributed by atoms with Gasteiger partial charge >= 0.3 is 0 Å². The number of aliphatic hydroxyl groups excluding tert-OH is 1. The lowest BCUT2D eigenvalue weighted by atomic mass is 9.74. The van der Waals surface area contributed by atoms with Gasteiger partial charge < -0.3 is 14.6 Å². The molecule has 2 aliphatic rings. The van der Waals surface area contributed by atoms with Crippen LogP contribution in [0.2, 0.25) is 0 Å². The molecule has 1 heterocycles. The maximum Gasteiger partial charge on any atom is 0.278 e. The van der Waals surface area contributed by atoms with Crippen LogP contribution in [-0.4, -0.2) is 55.3 Å². The van der Waals surface area contributed by atoms with E-state index in [0.717, 1.165) is 5.56 Å². The van der Waals surface area contributed by atoms with E-state index >= 15 is 0 Å². The van der Waals surface area contributed by atoms with Crippen LogP contribution in [0.3, 0.4) is 0 Å². The highest BCUT2D eigenvalue weighted by Crippen LogP contribution is 2.49. The molecule has 1 amide bonds. The number of hydrogen-bond acceptors (Lipinski definition) is 5. The normalized spacial score (nSPS) is 29.9. The number of hydroxylamine groups is 2. The summed E-state index contributed by atoms with van der Waals surface area (Å²) < 4.78 is 11.5. The van der Waals surface area contributed by atoms with Crippen molar-refractivity contribution in [1.29, 1.82) is 0 Å².